The summed E-state index contributed by atoms with van der Waals surface area (Å²) in [5.41, 5.74) is 21.1. The van der Waals surface area contributed by atoms with Crippen LogP contribution in [0, 0.1) is 0 Å². The van der Waals surface area contributed by atoms with E-state index < -0.39 is 0 Å². The summed E-state index contributed by atoms with van der Waals surface area (Å²) >= 11 is 0. The van der Waals surface area contributed by atoms with Crippen LogP contribution in [0.3, 0.4) is 0 Å². The summed E-state index contributed by atoms with van der Waals surface area (Å²) in [5.74, 6) is 0. The van der Waals surface area contributed by atoms with Crippen molar-refractivity contribution >= 4 is 11.4 Å². The number of benzene rings is 4. The van der Waals surface area contributed by atoms with Crippen molar-refractivity contribution in [2.75, 3.05) is 11.5 Å². The van der Waals surface area contributed by atoms with Gasteiger partial charge in [-0.2, -0.15) is 0 Å². The van der Waals surface area contributed by atoms with Gasteiger partial charge >= 0.3 is 0 Å². The van der Waals surface area contributed by atoms with Crippen LogP contribution >= 0.6 is 0 Å². The SMILES string of the molecule is Nc1ccc(-c2ccc(C3(c4ccc(-c5ccc(N)cc5)cc4)CCCCC3)cc2)cc1. The Labute approximate surface area is 190 Å². The fraction of sp³-hybridized carbons (Fsp3) is 0.200. The number of nitrogens with two attached hydrogens (primary N) is 2. The minimum atomic E-state index is 0.0948. The van der Waals surface area contributed by atoms with E-state index in [-0.39, 0.29) is 5.41 Å². The third-order valence-corrected chi connectivity index (χ3v) is 7.07. The normalized spacial score (nSPS) is 15.4. The van der Waals surface area contributed by atoms with Crippen LogP contribution in [0.5, 0.6) is 0 Å². The van der Waals surface area contributed by atoms with Gasteiger partial charge in [0, 0.05) is 16.8 Å². The lowest BCUT2D eigenvalue weighted by Crippen LogP contribution is -2.30. The van der Waals surface area contributed by atoms with Gasteiger partial charge in [0.25, 0.3) is 0 Å². The van der Waals surface area contributed by atoms with Crippen LogP contribution in [0.15, 0.2) is 97.1 Å². The Morgan fingerprint density at radius 2 is 0.719 bits per heavy atom. The van der Waals surface area contributed by atoms with Crippen molar-refractivity contribution in [2.45, 2.75) is 37.5 Å². The van der Waals surface area contributed by atoms with E-state index in [1.54, 1.807) is 0 Å². The van der Waals surface area contributed by atoms with Crippen molar-refractivity contribution < 1.29 is 0 Å². The second-order valence-corrected chi connectivity index (χ2v) is 9.04. The maximum Gasteiger partial charge on any atom is 0.0314 e. The molecule has 1 fully saturated rings. The van der Waals surface area contributed by atoms with Crippen LogP contribution in [0.1, 0.15) is 43.2 Å². The van der Waals surface area contributed by atoms with Gasteiger partial charge in [-0.1, -0.05) is 92.1 Å². The molecule has 1 aliphatic rings. The first kappa shape index (κ1) is 20.4. The monoisotopic (exact) mass is 418 g/mol. The van der Waals surface area contributed by atoms with Gasteiger partial charge in [0.05, 0.1) is 0 Å². The van der Waals surface area contributed by atoms with Gasteiger partial charge in [-0.05, 0) is 70.5 Å². The molecule has 0 unspecified atom stereocenters. The quantitative estimate of drug-likeness (QED) is 0.338. The molecule has 0 heterocycles. The fourth-order valence-corrected chi connectivity index (χ4v) is 5.21. The minimum absolute atomic E-state index is 0.0948. The van der Waals surface area contributed by atoms with Crippen LogP contribution in [0.2, 0.25) is 0 Å². The molecule has 1 aliphatic carbocycles. The summed E-state index contributed by atoms with van der Waals surface area (Å²) in [6.07, 6.45) is 6.29. The first-order valence-corrected chi connectivity index (χ1v) is 11.6. The van der Waals surface area contributed by atoms with E-state index in [1.165, 1.54) is 65.5 Å². The zero-order valence-electron chi connectivity index (χ0n) is 18.4. The summed E-state index contributed by atoms with van der Waals surface area (Å²) in [5, 5.41) is 0. The van der Waals surface area contributed by atoms with Crippen molar-refractivity contribution in [1.29, 1.82) is 0 Å². The van der Waals surface area contributed by atoms with Gasteiger partial charge in [-0.25, -0.2) is 0 Å². The van der Waals surface area contributed by atoms with Crippen LogP contribution in [-0.2, 0) is 5.41 Å². The molecule has 0 saturated heterocycles. The third-order valence-electron chi connectivity index (χ3n) is 7.07. The first-order valence-electron chi connectivity index (χ1n) is 11.6. The van der Waals surface area contributed by atoms with Crippen molar-refractivity contribution in [3.63, 3.8) is 0 Å². The Bertz CT molecular complexity index is 1070. The zero-order chi connectivity index (χ0) is 22.0. The smallest absolute Gasteiger partial charge is 0.0314 e. The summed E-state index contributed by atoms with van der Waals surface area (Å²) in [6.45, 7) is 0. The average molecular weight is 419 g/mol. The third kappa shape index (κ3) is 3.89. The molecule has 0 bridgehead atoms. The Kier molecular flexibility index (Phi) is 5.45. The maximum absolute atomic E-state index is 5.86. The minimum Gasteiger partial charge on any atom is -0.399 e. The topological polar surface area (TPSA) is 52.0 Å². The summed E-state index contributed by atoms with van der Waals surface area (Å²) < 4.78 is 0. The van der Waals surface area contributed by atoms with Crippen LogP contribution < -0.4 is 11.5 Å². The lowest BCUT2D eigenvalue weighted by molar-refractivity contribution is 0.346. The molecule has 0 radical (unpaired) electrons. The highest BCUT2D eigenvalue weighted by Gasteiger charge is 2.35. The molecular weight excluding hydrogens is 388 g/mol. The number of rotatable bonds is 4. The Morgan fingerprint density at radius 3 is 1.06 bits per heavy atom. The number of nitrogen functional groups attached to an aromatic ring is 2. The molecule has 1 saturated carbocycles. The van der Waals surface area contributed by atoms with Crippen molar-refractivity contribution in [3.8, 4) is 22.3 Å². The fourth-order valence-electron chi connectivity index (χ4n) is 5.21. The largest absolute Gasteiger partial charge is 0.399 e. The lowest BCUT2D eigenvalue weighted by Gasteiger charge is -2.39. The summed E-state index contributed by atoms with van der Waals surface area (Å²) in [7, 11) is 0. The Hall–Kier alpha value is -3.52. The van der Waals surface area contributed by atoms with Crippen molar-refractivity contribution in [3.05, 3.63) is 108 Å². The van der Waals surface area contributed by atoms with E-state index >= 15 is 0 Å². The van der Waals surface area contributed by atoms with Gasteiger partial charge in [0.2, 0.25) is 0 Å². The molecule has 2 nitrogen and oxygen atoms in total. The molecule has 4 aromatic rings. The standard InChI is InChI=1S/C30H30N2/c31-28-16-8-24(9-17-28)22-4-12-26(13-5-22)30(20-2-1-3-21-30)27-14-6-23(7-15-27)25-10-18-29(32)19-11-25/h4-19H,1-3,20-21,31-32H2. The molecule has 0 spiro atoms. The highest BCUT2D eigenvalue weighted by molar-refractivity contribution is 5.67. The van der Waals surface area contributed by atoms with E-state index in [9.17, 15) is 0 Å². The summed E-state index contributed by atoms with van der Waals surface area (Å²) in [4.78, 5) is 0. The van der Waals surface area contributed by atoms with Gasteiger partial charge in [0.1, 0.15) is 0 Å². The molecule has 32 heavy (non-hydrogen) atoms. The number of hydrogen-bond acceptors (Lipinski definition) is 2. The van der Waals surface area contributed by atoms with Crippen LogP contribution in [-0.4, -0.2) is 0 Å². The van der Waals surface area contributed by atoms with Crippen molar-refractivity contribution in [1.82, 2.24) is 0 Å². The van der Waals surface area contributed by atoms with Crippen molar-refractivity contribution in [2.24, 2.45) is 0 Å². The molecule has 4 N–H and O–H groups in total. The molecule has 0 aliphatic heterocycles. The zero-order valence-corrected chi connectivity index (χ0v) is 18.4. The molecular formula is C30H30N2. The molecule has 160 valence electrons. The van der Waals surface area contributed by atoms with Gasteiger partial charge in [-0.3, -0.25) is 0 Å². The van der Waals surface area contributed by atoms with Crippen LogP contribution in [0.25, 0.3) is 22.3 Å². The Morgan fingerprint density at radius 1 is 0.406 bits per heavy atom. The number of anilines is 2. The maximum atomic E-state index is 5.86. The molecule has 2 heteroatoms. The van der Waals surface area contributed by atoms with E-state index in [1.807, 2.05) is 24.3 Å². The highest BCUT2D eigenvalue weighted by atomic mass is 14.5. The molecule has 0 atom stereocenters. The van der Waals surface area contributed by atoms with Gasteiger partial charge in [-0.15, -0.1) is 0 Å². The van der Waals surface area contributed by atoms with E-state index in [2.05, 4.69) is 72.8 Å². The lowest BCUT2D eigenvalue weighted by atomic mass is 9.65. The second kappa shape index (κ2) is 8.55. The second-order valence-electron chi connectivity index (χ2n) is 9.04. The summed E-state index contributed by atoms with van der Waals surface area (Å²) in [6, 6.07) is 34.7. The van der Waals surface area contributed by atoms with Crippen LogP contribution in [0.4, 0.5) is 11.4 Å². The molecule has 5 rings (SSSR count). The molecule has 0 amide bonds. The predicted octanol–water partition coefficient (Wildman–Crippen LogP) is 7.44. The Balaban J connectivity index is 1.48. The van der Waals surface area contributed by atoms with Gasteiger partial charge < -0.3 is 11.5 Å². The molecule has 4 aromatic carbocycles. The predicted molar refractivity (Wildman–Crippen MR) is 136 cm³/mol. The van der Waals surface area contributed by atoms with E-state index in [0.29, 0.717) is 0 Å². The van der Waals surface area contributed by atoms with Gasteiger partial charge in [0.15, 0.2) is 0 Å². The highest BCUT2D eigenvalue weighted by Crippen LogP contribution is 2.45. The average Bonchev–Trinajstić information content (AvgIpc) is 2.86. The van der Waals surface area contributed by atoms with E-state index in [4.69, 9.17) is 11.5 Å². The molecule has 0 aromatic heterocycles. The number of hydrogen-bond donors (Lipinski definition) is 2. The van der Waals surface area contributed by atoms with E-state index in [0.717, 1.165) is 11.4 Å². The first-order chi connectivity index (χ1) is 15.6.